The van der Waals surface area contributed by atoms with Crippen LogP contribution in [0.5, 0.6) is 0 Å². The van der Waals surface area contributed by atoms with Crippen LogP contribution < -0.4 is 16.2 Å². The van der Waals surface area contributed by atoms with E-state index in [0.717, 1.165) is 4.57 Å². The summed E-state index contributed by atoms with van der Waals surface area (Å²) in [4.78, 5) is 69.2. The number of carboxylic acids is 3. The Kier molecular flexibility index (Phi) is 13.1. The van der Waals surface area contributed by atoms with Crippen LogP contribution in [0.25, 0.3) is 28.0 Å². The number of aliphatic carboxylic acids is 3. The minimum absolute atomic E-state index is 0.151. The van der Waals surface area contributed by atoms with Crippen LogP contribution >= 0.6 is 11.6 Å². The molecule has 1 saturated heterocycles. The maximum Gasteiger partial charge on any atom is 0.336 e. The van der Waals surface area contributed by atoms with Crippen molar-refractivity contribution in [3.05, 3.63) is 86.5 Å². The quantitative estimate of drug-likeness (QED) is 0.0496. The molecule has 0 spiro atoms. The van der Waals surface area contributed by atoms with Crippen LogP contribution in [-0.2, 0) is 19.2 Å². The highest BCUT2D eigenvalue weighted by molar-refractivity contribution is 6.34. The fraction of sp³-hybridized carbons (Fsp3) is 0.297. The number of carboxylic acid groups (broad SMARTS) is 3. The molecule has 1 amide bonds. The zero-order valence-electron chi connectivity index (χ0n) is 30.8. The smallest absolute Gasteiger partial charge is 0.336 e. The molecule has 58 heavy (non-hydrogen) atoms. The van der Waals surface area contributed by atoms with Crippen molar-refractivity contribution in [2.45, 2.75) is 45.1 Å². The van der Waals surface area contributed by atoms with E-state index < -0.39 is 82.1 Å². The molecule has 4 aromatic rings. The summed E-state index contributed by atoms with van der Waals surface area (Å²) < 4.78 is 59.3. The molecule has 21 heteroatoms. The van der Waals surface area contributed by atoms with Crippen molar-refractivity contribution in [1.29, 1.82) is 5.26 Å². The van der Waals surface area contributed by atoms with Crippen molar-refractivity contribution in [2.24, 2.45) is 0 Å². The van der Waals surface area contributed by atoms with Crippen LogP contribution in [0.3, 0.4) is 0 Å². The Morgan fingerprint density at radius 3 is 2.09 bits per heavy atom. The van der Waals surface area contributed by atoms with Crippen LogP contribution in [0.2, 0.25) is 5.02 Å². The molecule has 0 radical (unpaired) electrons. The second kappa shape index (κ2) is 17.3. The number of halogens is 5. The van der Waals surface area contributed by atoms with Gasteiger partial charge >= 0.3 is 17.9 Å². The first-order valence-corrected chi connectivity index (χ1v) is 17.3. The minimum Gasteiger partial charge on any atom is -0.481 e. The average Bonchev–Trinajstić information content (AvgIpc) is 3.16. The van der Waals surface area contributed by atoms with Gasteiger partial charge in [-0.3, -0.25) is 28.7 Å². The molecule has 0 atom stereocenters. The Labute approximate surface area is 330 Å². The number of hydrogen-bond acceptors (Lipinski definition) is 11. The van der Waals surface area contributed by atoms with Gasteiger partial charge in [-0.05, 0) is 36.6 Å². The maximum absolute atomic E-state index is 15.2. The van der Waals surface area contributed by atoms with Gasteiger partial charge in [0.15, 0.2) is 28.9 Å². The first kappa shape index (κ1) is 44.1. The normalized spacial score (nSPS) is 12.8. The van der Waals surface area contributed by atoms with E-state index in [0.29, 0.717) is 11.3 Å². The third-order valence-electron chi connectivity index (χ3n) is 9.02. The number of nitrogens with zero attached hydrogens (tertiary/aromatic N) is 6. The molecule has 0 saturated carbocycles. The number of benzene rings is 1. The summed E-state index contributed by atoms with van der Waals surface area (Å²) in [6, 6.07) is 4.93. The third kappa shape index (κ3) is 8.40. The molecule has 1 fully saturated rings. The number of carbonyl (C=O) groups is 4. The summed E-state index contributed by atoms with van der Waals surface area (Å²) in [5.74, 6) is -13.4. The van der Waals surface area contributed by atoms with Crippen molar-refractivity contribution in [1.82, 2.24) is 19.4 Å². The molecule has 4 heterocycles. The van der Waals surface area contributed by atoms with Crippen molar-refractivity contribution >= 4 is 57.8 Å². The molecular weight excluding hydrogens is 798 g/mol. The Hall–Kier alpha value is -6.59. The van der Waals surface area contributed by atoms with Gasteiger partial charge in [-0.25, -0.2) is 27.3 Å². The van der Waals surface area contributed by atoms with Crippen molar-refractivity contribution in [2.75, 3.05) is 36.8 Å². The largest absolute Gasteiger partial charge is 0.481 e. The number of aryl methyl sites for hydroxylation is 1. The number of piperazine rings is 1. The van der Waals surface area contributed by atoms with Gasteiger partial charge in [0.1, 0.15) is 17.3 Å². The Morgan fingerprint density at radius 1 is 1.02 bits per heavy atom. The molecular formula is C37H34ClF4N7O9. The second-order valence-corrected chi connectivity index (χ2v) is 13.6. The van der Waals surface area contributed by atoms with Gasteiger partial charge in [-0.15, -0.1) is 0 Å². The summed E-state index contributed by atoms with van der Waals surface area (Å²) in [6.07, 6.45) is 0.455. The third-order valence-corrected chi connectivity index (χ3v) is 9.31. The van der Waals surface area contributed by atoms with Crippen LogP contribution in [0, 0.1) is 41.5 Å². The highest BCUT2D eigenvalue weighted by Gasteiger charge is 2.41. The fourth-order valence-corrected chi connectivity index (χ4v) is 6.48. The monoisotopic (exact) mass is 831 g/mol. The number of nitrogen functional groups attached to an aromatic ring is 1. The number of carbonyl (C=O) groups excluding carboxylic acids is 1. The number of rotatable bonds is 10. The number of nitriles is 1. The van der Waals surface area contributed by atoms with Gasteiger partial charge in [0.2, 0.25) is 5.91 Å². The van der Waals surface area contributed by atoms with E-state index in [1.807, 2.05) is 19.9 Å². The van der Waals surface area contributed by atoms with Gasteiger partial charge in [-0.1, -0.05) is 32.0 Å². The van der Waals surface area contributed by atoms with E-state index in [2.05, 4.69) is 16.5 Å². The minimum atomic E-state index is -2.74. The summed E-state index contributed by atoms with van der Waals surface area (Å²) in [5.41, 5.74) is 0.672. The number of anilines is 2. The van der Waals surface area contributed by atoms with E-state index >= 15 is 4.39 Å². The lowest BCUT2D eigenvalue weighted by Gasteiger charge is -2.36. The lowest BCUT2D eigenvalue weighted by atomic mass is 9.96. The molecule has 1 aromatic carbocycles. The summed E-state index contributed by atoms with van der Waals surface area (Å²) in [5, 5.41) is 44.0. The molecule has 1 aliphatic rings. The molecule has 0 bridgehead atoms. The number of pyridine rings is 3. The molecule has 5 rings (SSSR count). The summed E-state index contributed by atoms with van der Waals surface area (Å²) in [7, 11) is 0. The highest BCUT2D eigenvalue weighted by atomic mass is 35.5. The number of hydrogen-bond donors (Lipinski definition) is 5. The second-order valence-electron chi connectivity index (χ2n) is 13.2. The van der Waals surface area contributed by atoms with Gasteiger partial charge in [0.05, 0.1) is 51.9 Å². The predicted octanol–water partition coefficient (Wildman–Crippen LogP) is 4.13. The van der Waals surface area contributed by atoms with Crippen molar-refractivity contribution in [3.8, 4) is 23.0 Å². The van der Waals surface area contributed by atoms with E-state index in [-0.39, 0.29) is 71.0 Å². The van der Waals surface area contributed by atoms with Crippen molar-refractivity contribution in [3.63, 3.8) is 0 Å². The van der Waals surface area contributed by atoms with Crippen LogP contribution in [-0.4, -0.2) is 95.5 Å². The topological polar surface area (TPSA) is 253 Å². The SMILES string of the molecule is C=CC(=O)N1CCN(c2c(C#N)c(=O)n(-c3c(C)ccnc3C(C)C)c3nc(-c4c(N)c(F)c(F)c(F)c4F)c(Cl)cc23)CC1.O=C(O)CC(O)(CC(=O)O)C(=O)O. The predicted molar refractivity (Wildman–Crippen MR) is 199 cm³/mol. The Balaban J connectivity index is 0.000000492. The van der Waals surface area contributed by atoms with Crippen molar-refractivity contribution < 1.29 is 57.2 Å². The Morgan fingerprint density at radius 2 is 1.59 bits per heavy atom. The van der Waals surface area contributed by atoms with Crippen LogP contribution in [0.4, 0.5) is 28.9 Å². The standard InChI is InChI=1S/C31H26ClF4N7O2.C6H8O7/c1-5-19(44)41-8-10-42(11-9-41)29-16-12-18(32)27(20-21(33)22(34)23(35)24(36)25(20)38)40-30(16)43(31(45)17(29)13-37)28-15(4)6-7-39-26(28)14(2)3;7-3(8)1-6(13,5(11)12)2-4(9)10/h5-7,12,14H,1,8-11,38H2,2-4H3;13H,1-2H2,(H,7,8)(H,9,10)(H,11,12). The van der Waals surface area contributed by atoms with E-state index in [4.69, 9.17) is 37.8 Å². The number of nitrogens with two attached hydrogens (primary N) is 1. The molecule has 3 aromatic heterocycles. The molecule has 1 aliphatic heterocycles. The number of aromatic nitrogens is 3. The van der Waals surface area contributed by atoms with Gasteiger partial charge in [-0.2, -0.15) is 5.26 Å². The number of aliphatic hydroxyl groups is 1. The van der Waals surface area contributed by atoms with E-state index in [9.17, 15) is 42.4 Å². The fourth-order valence-electron chi connectivity index (χ4n) is 6.24. The van der Waals surface area contributed by atoms with Crippen LogP contribution in [0.15, 0.2) is 35.8 Å². The van der Waals surface area contributed by atoms with Gasteiger partial charge in [0.25, 0.3) is 5.56 Å². The summed E-state index contributed by atoms with van der Waals surface area (Å²) in [6.45, 7) is 9.83. The summed E-state index contributed by atoms with van der Waals surface area (Å²) >= 11 is 6.58. The van der Waals surface area contributed by atoms with E-state index in [1.54, 1.807) is 29.0 Å². The first-order valence-electron chi connectivity index (χ1n) is 16.9. The molecule has 6 N–H and O–H groups in total. The van der Waals surface area contributed by atoms with Gasteiger partial charge < -0.3 is 36.0 Å². The number of fused-ring (bicyclic) bond motifs is 1. The lowest BCUT2D eigenvalue weighted by Crippen LogP contribution is -2.49. The Bertz CT molecular complexity index is 2440. The molecule has 0 unspecified atom stereocenters. The molecule has 0 aliphatic carbocycles. The lowest BCUT2D eigenvalue weighted by molar-refractivity contribution is -0.170. The first-order chi connectivity index (χ1) is 27.1. The zero-order valence-corrected chi connectivity index (χ0v) is 31.6. The van der Waals surface area contributed by atoms with Crippen LogP contribution in [0.1, 0.15) is 49.4 Å². The molecule has 306 valence electrons. The highest BCUT2D eigenvalue weighted by Crippen LogP contribution is 2.41. The van der Waals surface area contributed by atoms with E-state index in [1.165, 1.54) is 12.1 Å². The van der Waals surface area contributed by atoms with Gasteiger partial charge in [0, 0.05) is 37.8 Å². The maximum atomic E-state index is 15.2. The molecule has 16 nitrogen and oxygen atoms in total. The average molecular weight is 832 g/mol. The number of amides is 1. The zero-order chi connectivity index (χ0) is 43.5.